The average Bonchev–Trinajstić information content (AvgIpc) is 2.88. The number of hydrogen-bond acceptors (Lipinski definition) is 3. The second kappa shape index (κ2) is 3.33. The molecule has 3 unspecified atom stereocenters. The van der Waals surface area contributed by atoms with Crippen molar-refractivity contribution < 1.29 is 14.6 Å². The Kier molecular flexibility index (Phi) is 2.29. The van der Waals surface area contributed by atoms with Crippen LogP contribution in [0.5, 0.6) is 0 Å². The van der Waals surface area contributed by atoms with E-state index >= 15 is 0 Å². The van der Waals surface area contributed by atoms with Gasteiger partial charge in [0.05, 0.1) is 0 Å². The zero-order valence-corrected chi connectivity index (χ0v) is 8.36. The number of aliphatic hydroxyl groups is 1. The molecule has 14 heavy (non-hydrogen) atoms. The number of rotatable bonds is 2. The Bertz CT molecular complexity index is 323. The van der Waals surface area contributed by atoms with Crippen molar-refractivity contribution in [2.45, 2.75) is 38.6 Å². The summed E-state index contributed by atoms with van der Waals surface area (Å²) in [7, 11) is 0. The summed E-state index contributed by atoms with van der Waals surface area (Å²) in [5.74, 6) is -0.00236. The van der Waals surface area contributed by atoms with Crippen LogP contribution >= 0.6 is 0 Å². The first-order valence-corrected chi connectivity index (χ1v) is 4.81. The predicted octanol–water partition coefficient (Wildman–Crippen LogP) is 0.980. The van der Waals surface area contributed by atoms with E-state index in [1.54, 1.807) is 0 Å². The van der Waals surface area contributed by atoms with Gasteiger partial charge in [-0.15, -0.1) is 0 Å². The molecular weight excluding hydrogens is 180 g/mol. The van der Waals surface area contributed by atoms with Gasteiger partial charge in [-0.3, -0.25) is 4.79 Å². The maximum absolute atomic E-state index is 11.3. The molecule has 0 spiro atoms. The van der Waals surface area contributed by atoms with Crippen LogP contribution in [0, 0.1) is 0 Å². The number of allylic oxidation sites excluding steroid dienone is 2. The Morgan fingerprint density at radius 1 is 1.64 bits per heavy atom. The highest BCUT2D eigenvalue weighted by atomic mass is 16.6. The molecule has 0 amide bonds. The van der Waals surface area contributed by atoms with Gasteiger partial charge in [-0.05, 0) is 31.9 Å². The van der Waals surface area contributed by atoms with Crippen LogP contribution in [0.15, 0.2) is 23.3 Å². The van der Waals surface area contributed by atoms with Gasteiger partial charge in [-0.25, -0.2) is 0 Å². The monoisotopic (exact) mass is 194 g/mol. The van der Waals surface area contributed by atoms with Gasteiger partial charge in [-0.1, -0.05) is 11.6 Å². The highest BCUT2D eigenvalue weighted by molar-refractivity contribution is 5.98. The van der Waals surface area contributed by atoms with E-state index < -0.39 is 6.10 Å². The smallest absolute Gasteiger partial charge is 0.187 e. The molecular formula is C11H14O3. The van der Waals surface area contributed by atoms with Crippen molar-refractivity contribution in [2.24, 2.45) is 0 Å². The number of ketones is 1. The molecule has 0 aromatic rings. The van der Waals surface area contributed by atoms with Gasteiger partial charge in [-0.2, -0.15) is 0 Å². The maximum Gasteiger partial charge on any atom is 0.187 e. The molecule has 76 valence electrons. The zero-order valence-electron chi connectivity index (χ0n) is 8.36. The molecule has 1 heterocycles. The number of aliphatic hydroxyl groups excluding tert-OH is 1. The Morgan fingerprint density at radius 3 is 3.00 bits per heavy atom. The lowest BCUT2D eigenvalue weighted by Crippen LogP contribution is -2.27. The van der Waals surface area contributed by atoms with Crippen molar-refractivity contribution in [3.63, 3.8) is 0 Å². The predicted molar refractivity (Wildman–Crippen MR) is 51.8 cm³/mol. The molecule has 2 rings (SSSR count). The highest BCUT2D eigenvalue weighted by Gasteiger charge is 2.52. The summed E-state index contributed by atoms with van der Waals surface area (Å²) in [4.78, 5) is 11.3. The molecule has 3 atom stereocenters. The fourth-order valence-electron chi connectivity index (χ4n) is 1.66. The average molecular weight is 194 g/mol. The first-order chi connectivity index (χ1) is 6.59. The fourth-order valence-corrected chi connectivity index (χ4v) is 1.66. The topological polar surface area (TPSA) is 49.8 Å². The van der Waals surface area contributed by atoms with Crippen molar-refractivity contribution in [3.05, 3.63) is 23.3 Å². The molecule has 1 fully saturated rings. The van der Waals surface area contributed by atoms with Crippen LogP contribution < -0.4 is 0 Å². The van der Waals surface area contributed by atoms with Gasteiger partial charge in [0.25, 0.3) is 0 Å². The van der Waals surface area contributed by atoms with Crippen LogP contribution in [0.25, 0.3) is 0 Å². The highest BCUT2D eigenvalue weighted by Crippen LogP contribution is 2.35. The van der Waals surface area contributed by atoms with Crippen LogP contribution in [0.1, 0.15) is 20.3 Å². The van der Waals surface area contributed by atoms with Gasteiger partial charge < -0.3 is 9.84 Å². The first kappa shape index (κ1) is 9.62. The minimum absolute atomic E-state index is 0.00236. The molecule has 1 saturated heterocycles. The van der Waals surface area contributed by atoms with E-state index in [0.29, 0.717) is 6.42 Å². The second-order valence-electron chi connectivity index (χ2n) is 4.07. The van der Waals surface area contributed by atoms with Gasteiger partial charge in [0.1, 0.15) is 18.3 Å². The van der Waals surface area contributed by atoms with Crippen LogP contribution in [0.3, 0.4) is 0 Å². The minimum Gasteiger partial charge on any atom is -0.386 e. The number of epoxide rings is 1. The molecule has 1 N–H and O–H groups in total. The Balaban J connectivity index is 2.10. The molecule has 0 aromatic heterocycles. The molecule has 0 radical (unpaired) electrons. The summed E-state index contributed by atoms with van der Waals surface area (Å²) in [6.07, 6.45) is 2.95. The fraction of sp³-hybridized carbons (Fsp3) is 0.545. The zero-order chi connectivity index (χ0) is 10.3. The molecule has 3 nitrogen and oxygen atoms in total. The molecule has 1 aliphatic carbocycles. The molecule has 3 heteroatoms. The SMILES string of the molecule is CC(C)=CCC1=CC(=O)C2OC2C1O. The maximum atomic E-state index is 11.3. The van der Waals surface area contributed by atoms with Gasteiger partial charge >= 0.3 is 0 Å². The first-order valence-electron chi connectivity index (χ1n) is 4.81. The Hall–Kier alpha value is -0.930. The number of carbonyl (C=O) groups is 1. The normalized spacial score (nSPS) is 34.6. The molecule has 0 bridgehead atoms. The van der Waals surface area contributed by atoms with Crippen LogP contribution in [0.4, 0.5) is 0 Å². The number of hydrogen-bond donors (Lipinski definition) is 1. The van der Waals surface area contributed by atoms with E-state index in [1.165, 1.54) is 11.6 Å². The lowest BCUT2D eigenvalue weighted by atomic mass is 9.93. The van der Waals surface area contributed by atoms with E-state index in [1.807, 2.05) is 19.9 Å². The van der Waals surface area contributed by atoms with E-state index in [9.17, 15) is 9.90 Å². The standard InChI is InChI=1S/C11H14O3/c1-6(2)3-4-7-5-8(12)10-11(14-10)9(7)13/h3,5,9-11,13H,4H2,1-2H3. The van der Waals surface area contributed by atoms with Crippen molar-refractivity contribution in [2.75, 3.05) is 0 Å². The van der Waals surface area contributed by atoms with Crippen molar-refractivity contribution in [1.82, 2.24) is 0 Å². The molecule has 1 aliphatic heterocycles. The summed E-state index contributed by atoms with van der Waals surface area (Å²) in [5.41, 5.74) is 1.96. The van der Waals surface area contributed by atoms with Crippen molar-refractivity contribution >= 4 is 5.78 Å². The summed E-state index contributed by atoms with van der Waals surface area (Å²) >= 11 is 0. The lowest BCUT2D eigenvalue weighted by molar-refractivity contribution is -0.116. The van der Waals surface area contributed by atoms with Gasteiger partial charge in [0, 0.05) is 0 Å². The summed E-state index contributed by atoms with van der Waals surface area (Å²) in [6, 6.07) is 0. The second-order valence-corrected chi connectivity index (χ2v) is 4.07. The summed E-state index contributed by atoms with van der Waals surface area (Å²) < 4.78 is 5.07. The number of carbonyl (C=O) groups excluding carboxylic acids is 1. The van der Waals surface area contributed by atoms with E-state index in [2.05, 4.69) is 0 Å². The molecule has 2 aliphatic rings. The Labute approximate surface area is 83.1 Å². The largest absolute Gasteiger partial charge is 0.386 e. The third-order valence-corrected chi connectivity index (χ3v) is 2.57. The third-order valence-electron chi connectivity index (χ3n) is 2.57. The quantitative estimate of drug-likeness (QED) is 0.526. The van der Waals surface area contributed by atoms with Crippen LogP contribution in [0.2, 0.25) is 0 Å². The number of fused-ring (bicyclic) bond motifs is 1. The third kappa shape index (κ3) is 1.65. The van der Waals surface area contributed by atoms with Crippen molar-refractivity contribution in [1.29, 1.82) is 0 Å². The van der Waals surface area contributed by atoms with Crippen molar-refractivity contribution in [3.8, 4) is 0 Å². The molecule has 0 saturated carbocycles. The minimum atomic E-state index is -0.590. The van der Waals surface area contributed by atoms with E-state index in [0.717, 1.165) is 5.57 Å². The summed E-state index contributed by atoms with van der Waals surface area (Å²) in [5, 5.41) is 9.74. The lowest BCUT2D eigenvalue weighted by Gasteiger charge is -2.14. The molecule has 0 aromatic carbocycles. The van der Waals surface area contributed by atoms with Crippen LogP contribution in [-0.4, -0.2) is 29.2 Å². The summed E-state index contributed by atoms with van der Waals surface area (Å²) in [6.45, 7) is 3.99. The van der Waals surface area contributed by atoms with Gasteiger partial charge in [0.2, 0.25) is 0 Å². The van der Waals surface area contributed by atoms with Gasteiger partial charge in [0.15, 0.2) is 5.78 Å². The number of ether oxygens (including phenoxy) is 1. The van der Waals surface area contributed by atoms with Crippen LogP contribution in [-0.2, 0) is 9.53 Å². The Morgan fingerprint density at radius 2 is 2.36 bits per heavy atom. The van der Waals surface area contributed by atoms with E-state index in [-0.39, 0.29) is 18.0 Å². The van der Waals surface area contributed by atoms with E-state index in [4.69, 9.17) is 4.74 Å².